The van der Waals surface area contributed by atoms with Crippen LogP contribution >= 0.6 is 0 Å². The molecule has 3 rings (SSSR count). The molecule has 2 aromatic heterocycles. The minimum Gasteiger partial charge on any atom is -0.467 e. The summed E-state index contributed by atoms with van der Waals surface area (Å²) in [5, 5.41) is 2.70. The van der Waals surface area contributed by atoms with Crippen molar-refractivity contribution in [3.05, 3.63) is 46.9 Å². The van der Waals surface area contributed by atoms with Crippen molar-refractivity contribution in [3.63, 3.8) is 0 Å². The molecule has 1 aliphatic rings. The fourth-order valence-corrected chi connectivity index (χ4v) is 2.92. The predicted molar refractivity (Wildman–Crippen MR) is 77.8 cm³/mol. The Morgan fingerprint density at radius 2 is 2.21 bits per heavy atom. The van der Waals surface area contributed by atoms with Crippen molar-refractivity contribution < 1.29 is 22.4 Å². The largest absolute Gasteiger partial charge is 0.467 e. The highest BCUT2D eigenvalue weighted by Gasteiger charge is 2.39. The first-order chi connectivity index (χ1) is 11.3. The summed E-state index contributed by atoms with van der Waals surface area (Å²) < 4.78 is 44.8. The van der Waals surface area contributed by atoms with Crippen molar-refractivity contribution in [2.75, 3.05) is 0 Å². The van der Waals surface area contributed by atoms with E-state index in [0.717, 1.165) is 0 Å². The number of nitrogens with zero attached hydrogens (tertiary/aromatic N) is 2. The maximum atomic E-state index is 13.2. The molecule has 128 valence electrons. The average molecular weight is 339 g/mol. The summed E-state index contributed by atoms with van der Waals surface area (Å²) in [5.74, 6) is -0.123. The standard InChI is InChI=1S/C16H16F3N3O2/c1-9-21-13-5-4-10(7-12(13)14(22-9)16(17,18)19)15(23)20-8-11-3-2-6-24-11/h2-3,6,10H,4-5,7-8H2,1H3,(H,20,23)/t10-/m1/s1. The molecule has 0 spiro atoms. The van der Waals surface area contributed by atoms with E-state index < -0.39 is 17.8 Å². The van der Waals surface area contributed by atoms with E-state index in [1.165, 1.54) is 13.2 Å². The van der Waals surface area contributed by atoms with Crippen LogP contribution in [0.15, 0.2) is 22.8 Å². The molecule has 8 heteroatoms. The van der Waals surface area contributed by atoms with Crippen molar-refractivity contribution in [2.45, 2.75) is 38.9 Å². The third-order valence-electron chi connectivity index (χ3n) is 4.04. The summed E-state index contributed by atoms with van der Waals surface area (Å²) in [4.78, 5) is 19.9. The SMILES string of the molecule is Cc1nc2c(c(C(F)(F)F)n1)C[C@H](C(=O)NCc1ccco1)CC2. The summed E-state index contributed by atoms with van der Waals surface area (Å²) in [6.07, 6.45) is -2.27. The van der Waals surface area contributed by atoms with Gasteiger partial charge in [-0.05, 0) is 38.3 Å². The second-order valence-corrected chi connectivity index (χ2v) is 5.78. The van der Waals surface area contributed by atoms with Gasteiger partial charge in [0.2, 0.25) is 5.91 Å². The van der Waals surface area contributed by atoms with Gasteiger partial charge < -0.3 is 9.73 Å². The Labute approximate surface area is 136 Å². The molecule has 0 aliphatic heterocycles. The number of aryl methyl sites for hydroxylation is 2. The first-order valence-corrected chi connectivity index (χ1v) is 7.58. The van der Waals surface area contributed by atoms with Gasteiger partial charge in [-0.25, -0.2) is 9.97 Å². The number of aromatic nitrogens is 2. The second kappa shape index (κ2) is 6.26. The summed E-state index contributed by atoms with van der Waals surface area (Å²) in [5.41, 5.74) is -0.490. The Hall–Kier alpha value is -2.38. The summed E-state index contributed by atoms with van der Waals surface area (Å²) >= 11 is 0. The lowest BCUT2D eigenvalue weighted by Crippen LogP contribution is -2.35. The first kappa shape index (κ1) is 16.5. The monoisotopic (exact) mass is 339 g/mol. The molecule has 0 unspecified atom stereocenters. The Morgan fingerprint density at radius 1 is 1.42 bits per heavy atom. The van der Waals surface area contributed by atoms with E-state index in [2.05, 4.69) is 15.3 Å². The molecule has 5 nitrogen and oxygen atoms in total. The number of carbonyl (C=O) groups is 1. The van der Waals surface area contributed by atoms with Crippen molar-refractivity contribution in [1.82, 2.24) is 15.3 Å². The highest BCUT2D eigenvalue weighted by atomic mass is 19.4. The summed E-state index contributed by atoms with van der Waals surface area (Å²) in [7, 11) is 0. The van der Waals surface area contributed by atoms with E-state index in [-0.39, 0.29) is 30.3 Å². The number of amides is 1. The fraction of sp³-hybridized carbons (Fsp3) is 0.438. The molecule has 0 radical (unpaired) electrons. The molecule has 1 amide bonds. The van der Waals surface area contributed by atoms with Gasteiger partial charge in [0, 0.05) is 17.2 Å². The van der Waals surface area contributed by atoms with Crippen LogP contribution < -0.4 is 5.32 Å². The van der Waals surface area contributed by atoms with Gasteiger partial charge in [-0.2, -0.15) is 13.2 Å². The minimum atomic E-state index is -4.55. The van der Waals surface area contributed by atoms with Gasteiger partial charge in [0.05, 0.1) is 12.8 Å². The zero-order valence-corrected chi connectivity index (χ0v) is 13.0. The predicted octanol–water partition coefficient (Wildman–Crippen LogP) is 2.82. The Bertz CT molecular complexity index is 742. The lowest BCUT2D eigenvalue weighted by molar-refractivity contribution is -0.142. The zero-order valence-electron chi connectivity index (χ0n) is 13.0. The number of carbonyl (C=O) groups excluding carboxylic acids is 1. The number of alkyl halides is 3. The van der Waals surface area contributed by atoms with Crippen LogP contribution in [-0.2, 0) is 30.4 Å². The van der Waals surface area contributed by atoms with Crippen LogP contribution in [0.1, 0.15) is 35.0 Å². The first-order valence-electron chi connectivity index (χ1n) is 7.58. The van der Waals surface area contributed by atoms with E-state index >= 15 is 0 Å². The Morgan fingerprint density at radius 3 is 2.88 bits per heavy atom. The summed E-state index contributed by atoms with van der Waals surface area (Å²) in [6.45, 7) is 1.66. The molecule has 24 heavy (non-hydrogen) atoms. The van der Waals surface area contributed by atoms with Crippen LogP contribution in [0.2, 0.25) is 0 Å². The van der Waals surface area contributed by atoms with E-state index in [1.54, 1.807) is 12.1 Å². The quantitative estimate of drug-likeness (QED) is 0.934. The van der Waals surface area contributed by atoms with E-state index in [9.17, 15) is 18.0 Å². The second-order valence-electron chi connectivity index (χ2n) is 5.78. The van der Waals surface area contributed by atoms with Crippen molar-refractivity contribution >= 4 is 5.91 Å². The van der Waals surface area contributed by atoms with Crippen LogP contribution in [0, 0.1) is 12.8 Å². The van der Waals surface area contributed by atoms with Crippen LogP contribution in [0.25, 0.3) is 0 Å². The number of halogens is 3. The molecule has 0 bridgehead atoms. The van der Waals surface area contributed by atoms with Crippen molar-refractivity contribution in [3.8, 4) is 0 Å². The van der Waals surface area contributed by atoms with E-state index in [0.29, 0.717) is 24.3 Å². The molecule has 1 N–H and O–H groups in total. The molecule has 0 saturated carbocycles. The number of fused-ring (bicyclic) bond motifs is 1. The molecule has 2 heterocycles. The van der Waals surface area contributed by atoms with Gasteiger partial charge in [0.15, 0.2) is 5.69 Å². The summed E-state index contributed by atoms with van der Waals surface area (Å²) in [6, 6.07) is 3.42. The highest BCUT2D eigenvalue weighted by molar-refractivity contribution is 5.79. The van der Waals surface area contributed by atoms with Crippen molar-refractivity contribution in [1.29, 1.82) is 0 Å². The number of furan rings is 1. The van der Waals surface area contributed by atoms with Crippen LogP contribution in [0.3, 0.4) is 0 Å². The van der Waals surface area contributed by atoms with Gasteiger partial charge >= 0.3 is 6.18 Å². The number of rotatable bonds is 3. The van der Waals surface area contributed by atoms with Crippen molar-refractivity contribution in [2.24, 2.45) is 5.92 Å². The highest BCUT2D eigenvalue weighted by Crippen LogP contribution is 2.35. The molecule has 1 atom stereocenters. The molecule has 1 aliphatic carbocycles. The number of hydrogen-bond acceptors (Lipinski definition) is 4. The molecular formula is C16H16F3N3O2. The number of hydrogen-bond donors (Lipinski definition) is 1. The third kappa shape index (κ3) is 3.42. The van der Waals surface area contributed by atoms with E-state index in [4.69, 9.17) is 4.42 Å². The van der Waals surface area contributed by atoms with Gasteiger partial charge in [0.1, 0.15) is 11.6 Å². The van der Waals surface area contributed by atoms with Crippen LogP contribution in [0.4, 0.5) is 13.2 Å². The lowest BCUT2D eigenvalue weighted by atomic mass is 9.85. The van der Waals surface area contributed by atoms with E-state index in [1.807, 2.05) is 0 Å². The molecule has 2 aromatic rings. The molecule has 0 fully saturated rings. The Kier molecular flexibility index (Phi) is 4.29. The average Bonchev–Trinajstić information content (AvgIpc) is 3.03. The maximum Gasteiger partial charge on any atom is 0.433 e. The normalized spacial score (nSPS) is 17.4. The lowest BCUT2D eigenvalue weighted by Gasteiger charge is -2.25. The van der Waals surface area contributed by atoms with Gasteiger partial charge in [-0.1, -0.05) is 0 Å². The fourth-order valence-electron chi connectivity index (χ4n) is 2.92. The Balaban J connectivity index is 1.77. The molecule has 0 saturated heterocycles. The van der Waals surface area contributed by atoms with Crippen LogP contribution in [-0.4, -0.2) is 15.9 Å². The van der Waals surface area contributed by atoms with Gasteiger partial charge in [0.25, 0.3) is 0 Å². The van der Waals surface area contributed by atoms with Gasteiger partial charge in [-0.3, -0.25) is 4.79 Å². The minimum absolute atomic E-state index is 0.00551. The molecule has 0 aromatic carbocycles. The smallest absolute Gasteiger partial charge is 0.433 e. The molecular weight excluding hydrogens is 323 g/mol. The number of nitrogens with one attached hydrogen (secondary N) is 1. The van der Waals surface area contributed by atoms with Gasteiger partial charge in [-0.15, -0.1) is 0 Å². The van der Waals surface area contributed by atoms with Crippen LogP contribution in [0.5, 0.6) is 0 Å². The third-order valence-corrected chi connectivity index (χ3v) is 4.04. The zero-order chi connectivity index (χ0) is 17.3. The topological polar surface area (TPSA) is 68.0 Å². The maximum absolute atomic E-state index is 13.2.